The van der Waals surface area contributed by atoms with Crippen molar-refractivity contribution < 1.29 is 35.9 Å². The van der Waals surface area contributed by atoms with Gasteiger partial charge >= 0.3 is 12.4 Å². The van der Waals surface area contributed by atoms with Crippen molar-refractivity contribution in [3.8, 4) is 22.3 Å². The fraction of sp³-hybridized carbons (Fsp3) is 0.214. The summed E-state index contributed by atoms with van der Waals surface area (Å²) in [5.74, 6) is -0.482. The average Bonchev–Trinajstić information content (AvgIpc) is 3.64. The molecule has 1 aliphatic rings. The van der Waals surface area contributed by atoms with Gasteiger partial charge in [-0.1, -0.05) is 84.9 Å². The van der Waals surface area contributed by atoms with Crippen molar-refractivity contribution in [2.45, 2.75) is 50.5 Å². The van der Waals surface area contributed by atoms with Crippen molar-refractivity contribution in [1.82, 2.24) is 14.9 Å². The summed E-state index contributed by atoms with van der Waals surface area (Å²) < 4.78 is 81.3. The number of halogens is 6. The fourth-order valence-electron chi connectivity index (χ4n) is 7.55. The van der Waals surface area contributed by atoms with Crippen molar-refractivity contribution in [3.63, 3.8) is 0 Å². The van der Waals surface area contributed by atoms with Gasteiger partial charge in [-0.2, -0.15) is 26.3 Å². The number of carbonyl (C=O) groups is 2. The van der Waals surface area contributed by atoms with Gasteiger partial charge in [-0.15, -0.1) is 0 Å². The summed E-state index contributed by atoms with van der Waals surface area (Å²) in [5.41, 5.74) is 3.83. The minimum Gasteiger partial charge on any atom is -0.346 e. The van der Waals surface area contributed by atoms with Gasteiger partial charge in [-0.05, 0) is 89.9 Å². The van der Waals surface area contributed by atoms with Crippen LogP contribution in [0.25, 0.3) is 33.3 Å². The third-order valence-corrected chi connectivity index (χ3v) is 10.00. The Morgan fingerprint density at radius 1 is 0.722 bits per heavy atom. The lowest BCUT2D eigenvalue weighted by molar-refractivity contribution is -0.141. The zero-order valence-corrected chi connectivity index (χ0v) is 29.0. The van der Waals surface area contributed by atoms with Crippen LogP contribution in [0.5, 0.6) is 0 Å². The van der Waals surface area contributed by atoms with E-state index in [0.29, 0.717) is 58.7 Å². The standard InChI is InChI=1S/C42H34F6N4O2/c1-26-50-37-35(51-38(53)32-14-3-2-11-29(32)27-19-21-28(22-20-27)42(46,47)48)17-10-18-36(37)52(26)24-9-8-23-40(39(54)49-25-41(43,44)45)33-15-6-4-12-30(33)31-13-5-7-16-34(31)40/h2-7,10-22H,8-9,23-25H2,1H3,(H,49,54)(H,51,53). The maximum atomic E-state index is 13.9. The number of para-hydroxylation sites is 1. The maximum absolute atomic E-state index is 13.9. The molecule has 5 aromatic carbocycles. The smallest absolute Gasteiger partial charge is 0.346 e. The van der Waals surface area contributed by atoms with Crippen molar-refractivity contribution in [1.29, 1.82) is 0 Å². The molecule has 0 radical (unpaired) electrons. The Labute approximate surface area is 306 Å². The Kier molecular flexibility index (Phi) is 9.55. The van der Waals surface area contributed by atoms with Gasteiger partial charge in [0, 0.05) is 12.1 Å². The van der Waals surface area contributed by atoms with Crippen LogP contribution in [0, 0.1) is 6.92 Å². The van der Waals surface area contributed by atoms with Crippen LogP contribution < -0.4 is 10.6 Å². The normalized spacial score (nSPS) is 13.4. The molecule has 0 saturated carbocycles. The van der Waals surface area contributed by atoms with E-state index < -0.39 is 41.7 Å². The molecule has 1 heterocycles. The molecule has 0 atom stereocenters. The lowest BCUT2D eigenvalue weighted by Gasteiger charge is -2.31. The minimum absolute atomic E-state index is 0.272. The number of aryl methyl sites for hydroxylation is 2. The maximum Gasteiger partial charge on any atom is 0.416 e. The second-order valence-corrected chi connectivity index (χ2v) is 13.3. The van der Waals surface area contributed by atoms with E-state index in [1.165, 1.54) is 12.1 Å². The number of aromatic nitrogens is 2. The molecule has 1 aromatic heterocycles. The largest absolute Gasteiger partial charge is 0.416 e. The molecule has 7 rings (SSSR count). The molecule has 276 valence electrons. The van der Waals surface area contributed by atoms with Gasteiger partial charge in [0.1, 0.15) is 23.3 Å². The molecule has 2 amide bonds. The van der Waals surface area contributed by atoms with E-state index in [-0.39, 0.29) is 12.0 Å². The quantitative estimate of drug-likeness (QED) is 0.108. The van der Waals surface area contributed by atoms with E-state index in [1.54, 1.807) is 48.5 Å². The second kappa shape index (κ2) is 14.1. The van der Waals surface area contributed by atoms with Gasteiger partial charge < -0.3 is 15.2 Å². The van der Waals surface area contributed by atoms with Gasteiger partial charge in [0.05, 0.1) is 16.8 Å². The molecular weight excluding hydrogens is 706 g/mol. The molecule has 1 aliphatic carbocycles. The number of benzene rings is 5. The van der Waals surface area contributed by atoms with E-state index in [0.717, 1.165) is 28.8 Å². The Bertz CT molecular complexity index is 2320. The van der Waals surface area contributed by atoms with E-state index in [4.69, 9.17) is 4.98 Å². The number of rotatable bonds is 10. The number of imidazole rings is 1. The summed E-state index contributed by atoms with van der Waals surface area (Å²) in [7, 11) is 0. The molecular formula is C42H34F6N4O2. The van der Waals surface area contributed by atoms with Crippen LogP contribution in [0.3, 0.4) is 0 Å². The number of alkyl halides is 6. The zero-order chi connectivity index (χ0) is 38.3. The number of anilines is 1. The van der Waals surface area contributed by atoms with Crippen molar-refractivity contribution in [2.24, 2.45) is 0 Å². The Balaban J connectivity index is 1.11. The summed E-state index contributed by atoms with van der Waals surface area (Å²) in [6.45, 7) is 0.888. The summed E-state index contributed by atoms with van der Waals surface area (Å²) in [5, 5.41) is 5.11. The van der Waals surface area contributed by atoms with Gasteiger partial charge in [0.15, 0.2) is 0 Å². The number of unbranched alkanes of at least 4 members (excludes halogenated alkanes) is 1. The monoisotopic (exact) mass is 740 g/mol. The highest BCUT2D eigenvalue weighted by atomic mass is 19.4. The molecule has 0 fully saturated rings. The van der Waals surface area contributed by atoms with E-state index in [9.17, 15) is 35.9 Å². The summed E-state index contributed by atoms with van der Waals surface area (Å²) in [6, 6.07) is 31.3. The topological polar surface area (TPSA) is 76.0 Å². The van der Waals surface area contributed by atoms with Gasteiger partial charge in [0.2, 0.25) is 5.91 Å². The van der Waals surface area contributed by atoms with Gasteiger partial charge in [-0.3, -0.25) is 9.59 Å². The number of nitrogens with one attached hydrogen (secondary N) is 2. The van der Waals surface area contributed by atoms with Gasteiger partial charge in [-0.25, -0.2) is 4.98 Å². The highest BCUT2D eigenvalue weighted by Gasteiger charge is 2.49. The number of amides is 2. The summed E-state index contributed by atoms with van der Waals surface area (Å²) >= 11 is 0. The van der Waals surface area contributed by atoms with Crippen LogP contribution in [0.4, 0.5) is 32.0 Å². The molecule has 54 heavy (non-hydrogen) atoms. The fourth-order valence-corrected chi connectivity index (χ4v) is 7.55. The number of fused-ring (bicyclic) bond motifs is 4. The van der Waals surface area contributed by atoms with Crippen LogP contribution in [0.15, 0.2) is 115 Å². The average molecular weight is 741 g/mol. The molecule has 0 saturated heterocycles. The molecule has 0 unspecified atom stereocenters. The first-order chi connectivity index (χ1) is 25.8. The first kappa shape index (κ1) is 36.4. The zero-order valence-electron chi connectivity index (χ0n) is 29.0. The second-order valence-electron chi connectivity index (χ2n) is 13.3. The number of carbonyl (C=O) groups excluding carboxylic acids is 2. The summed E-state index contributed by atoms with van der Waals surface area (Å²) in [4.78, 5) is 32.3. The first-order valence-corrected chi connectivity index (χ1v) is 17.4. The van der Waals surface area contributed by atoms with Gasteiger partial charge in [0.25, 0.3) is 5.91 Å². The van der Waals surface area contributed by atoms with Crippen molar-refractivity contribution >= 4 is 28.5 Å². The van der Waals surface area contributed by atoms with E-state index >= 15 is 0 Å². The Hall–Kier alpha value is -5.91. The third kappa shape index (κ3) is 6.83. The lowest BCUT2D eigenvalue weighted by Crippen LogP contribution is -2.47. The minimum atomic E-state index is -4.57. The predicted octanol–water partition coefficient (Wildman–Crippen LogP) is 10.1. The highest BCUT2D eigenvalue weighted by molar-refractivity contribution is 6.11. The SMILES string of the molecule is Cc1nc2c(NC(=O)c3ccccc3-c3ccc(C(F)(F)F)cc3)cccc2n1CCCCC1(C(=O)NCC(F)(F)F)c2ccccc2-c2ccccc21. The number of nitrogens with zero attached hydrogens (tertiary/aromatic N) is 2. The molecule has 0 bridgehead atoms. The third-order valence-electron chi connectivity index (χ3n) is 10.00. The van der Waals surface area contributed by atoms with Crippen LogP contribution in [0.2, 0.25) is 0 Å². The van der Waals surface area contributed by atoms with Crippen LogP contribution >= 0.6 is 0 Å². The van der Waals surface area contributed by atoms with Crippen molar-refractivity contribution in [3.05, 3.63) is 143 Å². The van der Waals surface area contributed by atoms with Crippen LogP contribution in [-0.2, 0) is 22.9 Å². The molecule has 12 heteroatoms. The Morgan fingerprint density at radius 3 is 1.96 bits per heavy atom. The van der Waals surface area contributed by atoms with Crippen LogP contribution in [-0.4, -0.2) is 34.1 Å². The molecule has 0 spiro atoms. The van der Waals surface area contributed by atoms with Crippen molar-refractivity contribution in [2.75, 3.05) is 11.9 Å². The molecule has 2 N–H and O–H groups in total. The van der Waals surface area contributed by atoms with Crippen LogP contribution in [0.1, 0.15) is 52.1 Å². The molecule has 0 aliphatic heterocycles. The molecule has 6 aromatic rings. The number of hydrogen-bond donors (Lipinski definition) is 2. The Morgan fingerprint density at radius 2 is 1.33 bits per heavy atom. The predicted molar refractivity (Wildman–Crippen MR) is 195 cm³/mol. The lowest BCUT2D eigenvalue weighted by atomic mass is 9.73. The number of hydrogen-bond acceptors (Lipinski definition) is 3. The van der Waals surface area contributed by atoms with E-state index in [1.807, 2.05) is 54.0 Å². The van der Waals surface area contributed by atoms with E-state index in [2.05, 4.69) is 10.6 Å². The highest BCUT2D eigenvalue weighted by Crippen LogP contribution is 2.51. The summed E-state index contributed by atoms with van der Waals surface area (Å²) in [6.07, 6.45) is -7.71. The molecule has 6 nitrogen and oxygen atoms in total. The first-order valence-electron chi connectivity index (χ1n) is 17.4.